The minimum absolute atomic E-state index is 0.570. The van der Waals surface area contributed by atoms with Gasteiger partial charge >= 0.3 is 0 Å². The van der Waals surface area contributed by atoms with Crippen LogP contribution in [0.1, 0.15) is 0 Å². The molecule has 4 aromatic heterocycles. The summed E-state index contributed by atoms with van der Waals surface area (Å²) in [6, 6.07) is 148. The van der Waals surface area contributed by atoms with Crippen LogP contribution >= 0.6 is 0 Å². The Labute approximate surface area is 649 Å². The van der Waals surface area contributed by atoms with Crippen LogP contribution in [0.5, 0.6) is 0 Å². The number of hydrogen-bond donors (Lipinski definition) is 0. The van der Waals surface area contributed by atoms with Crippen molar-refractivity contribution < 1.29 is 0 Å². The summed E-state index contributed by atoms with van der Waals surface area (Å²) in [5, 5.41) is 4.61. The number of benzene rings is 16. The molecule has 0 aliphatic heterocycles. The summed E-state index contributed by atoms with van der Waals surface area (Å²) < 4.78 is 4.38. The van der Waals surface area contributed by atoms with E-state index in [0.29, 0.717) is 35.2 Å². The van der Waals surface area contributed by atoms with Crippen molar-refractivity contribution in [2.45, 2.75) is 0 Å². The lowest BCUT2D eigenvalue weighted by molar-refractivity contribution is 0.953. The molecule has 0 spiro atoms. The molecule has 0 bridgehead atoms. The molecule has 112 heavy (non-hydrogen) atoms. The van der Waals surface area contributed by atoms with Crippen LogP contribution in [0.15, 0.2) is 425 Å². The highest BCUT2D eigenvalue weighted by atomic mass is 15.2. The van der Waals surface area contributed by atoms with Gasteiger partial charge in [0.2, 0.25) is 11.9 Å². The number of aromatic nitrogens is 8. The van der Waals surface area contributed by atoms with Crippen LogP contribution in [0, 0.1) is 0 Å². The van der Waals surface area contributed by atoms with Gasteiger partial charge in [0.1, 0.15) is 0 Å². The Hall–Kier alpha value is -15.3. The lowest BCUT2D eigenvalue weighted by Crippen LogP contribution is -2.10. The van der Waals surface area contributed by atoms with E-state index < -0.39 is 0 Å². The van der Waals surface area contributed by atoms with Gasteiger partial charge in [-0.25, -0.2) is 9.97 Å². The lowest BCUT2D eigenvalue weighted by atomic mass is 9.99. The van der Waals surface area contributed by atoms with Crippen LogP contribution in [-0.2, 0) is 0 Å². The van der Waals surface area contributed by atoms with E-state index in [9.17, 15) is 0 Å². The second-order valence-electron chi connectivity index (χ2n) is 27.4. The molecule has 0 fully saturated rings. The Bertz CT molecular complexity index is 6610. The van der Waals surface area contributed by atoms with Crippen molar-refractivity contribution in [3.63, 3.8) is 0 Å². The molecule has 0 saturated heterocycles. The monoisotopic (exact) mass is 1430 g/mol. The van der Waals surface area contributed by atoms with E-state index in [-0.39, 0.29) is 0 Å². The molecular formula is C102H70N10. The first-order valence-electron chi connectivity index (χ1n) is 37.6. The highest BCUT2D eigenvalue weighted by Gasteiger charge is 2.24. The molecule has 16 aromatic carbocycles. The summed E-state index contributed by atoms with van der Waals surface area (Å²) in [6.45, 7) is 0. The molecule has 0 saturated carbocycles. The van der Waals surface area contributed by atoms with Crippen LogP contribution < -0.4 is 9.80 Å². The summed E-state index contributed by atoms with van der Waals surface area (Å²) in [5.41, 5.74) is 23.5. The van der Waals surface area contributed by atoms with Gasteiger partial charge in [0.05, 0.1) is 27.8 Å². The summed E-state index contributed by atoms with van der Waals surface area (Å²) in [6.07, 6.45) is 0. The maximum absolute atomic E-state index is 5.23. The minimum atomic E-state index is 0.570. The average molecular weight is 1440 g/mol. The number of nitrogens with zero attached hydrogens (tertiary/aromatic N) is 10. The van der Waals surface area contributed by atoms with Crippen molar-refractivity contribution in [2.24, 2.45) is 0 Å². The summed E-state index contributed by atoms with van der Waals surface area (Å²) in [5.74, 6) is 3.60. The molecule has 20 aromatic rings. The minimum Gasteiger partial charge on any atom is -0.311 e. The quantitative estimate of drug-likeness (QED) is 0.0944. The third kappa shape index (κ3) is 13.1. The Morgan fingerprint density at radius 3 is 0.982 bits per heavy atom. The fourth-order valence-electron chi connectivity index (χ4n) is 15.3. The van der Waals surface area contributed by atoms with Crippen molar-refractivity contribution in [1.82, 2.24) is 39.0 Å². The standard InChI is InChI=1S/2C51H35N5/c1-5-18-36(19-6-1)43-28-17-31-47-48(43)44-27-14-16-30-46(44)56(47)51-53-49(38-20-7-2-8-21-38)52-50(54-51)39-34-32-37(33-35-39)42-26-13-15-29-45(42)55(40-22-9-3-10-23-40)41-24-11-4-12-25-41;1-5-16-38(17-6-1)44-25-15-26-46-45-24-13-14-27-47(45)56(48(44)46)51-53-49(39-18-7-2-8-19-39)52-50(54-51)40-30-28-36(29-31-40)37-32-34-43(35-33-37)55(41-20-9-3-10-21-41)42-22-11-4-12-23-42/h2*1-35H. The molecule has 0 aliphatic carbocycles. The predicted octanol–water partition coefficient (Wildman–Crippen LogP) is 26.2. The molecule has 0 atom stereocenters. The van der Waals surface area contributed by atoms with Crippen molar-refractivity contribution in [3.8, 4) is 102 Å². The molecule has 20 rings (SSSR count). The van der Waals surface area contributed by atoms with Crippen molar-refractivity contribution in [2.75, 3.05) is 9.80 Å². The Morgan fingerprint density at radius 2 is 0.482 bits per heavy atom. The van der Waals surface area contributed by atoms with Crippen LogP contribution in [0.2, 0.25) is 0 Å². The third-order valence-electron chi connectivity index (χ3n) is 20.5. The van der Waals surface area contributed by atoms with Crippen LogP contribution in [0.3, 0.4) is 0 Å². The van der Waals surface area contributed by atoms with Gasteiger partial charge in [0.25, 0.3) is 0 Å². The number of anilines is 6. The topological polar surface area (TPSA) is 93.7 Å². The lowest BCUT2D eigenvalue weighted by Gasteiger charge is -2.27. The number of fused-ring (bicyclic) bond motifs is 6. The van der Waals surface area contributed by atoms with Gasteiger partial charge in [0.15, 0.2) is 23.3 Å². The van der Waals surface area contributed by atoms with E-state index in [0.717, 1.165) is 128 Å². The average Bonchev–Trinajstić information content (AvgIpc) is 1.58. The largest absolute Gasteiger partial charge is 0.311 e. The summed E-state index contributed by atoms with van der Waals surface area (Å²) in [7, 11) is 0. The van der Waals surface area contributed by atoms with Crippen LogP contribution in [0.25, 0.3) is 146 Å². The molecule has 10 heteroatoms. The molecule has 0 aliphatic rings. The SMILES string of the molecule is c1ccc(-c2nc(-c3ccc(-c4ccc(N(c5ccccc5)c5ccccc5)cc4)cc3)nc(-n3c4ccccc4c4cccc(-c5ccccc5)c43)n2)cc1.c1ccc(-c2nc(-c3ccc(-c4ccccc4N(c4ccccc4)c4ccccc4)cc3)nc(-n3c4ccccc4c4c(-c5ccccc5)cccc43)n2)cc1. The molecular weight excluding hydrogens is 1370 g/mol. The van der Waals surface area contributed by atoms with E-state index in [1.807, 2.05) is 72.8 Å². The van der Waals surface area contributed by atoms with E-state index >= 15 is 0 Å². The van der Waals surface area contributed by atoms with Gasteiger partial charge in [-0.1, -0.05) is 340 Å². The Kier molecular flexibility index (Phi) is 18.1. The maximum Gasteiger partial charge on any atom is 0.238 e. The fraction of sp³-hybridized carbons (Fsp3) is 0. The molecule has 0 radical (unpaired) electrons. The van der Waals surface area contributed by atoms with Gasteiger partial charge < -0.3 is 9.80 Å². The van der Waals surface area contributed by atoms with Gasteiger partial charge in [-0.3, -0.25) is 9.13 Å². The zero-order valence-electron chi connectivity index (χ0n) is 60.9. The fourth-order valence-corrected chi connectivity index (χ4v) is 15.3. The zero-order chi connectivity index (χ0) is 74.5. The first kappa shape index (κ1) is 67.4. The van der Waals surface area contributed by atoms with Crippen LogP contribution in [0.4, 0.5) is 34.1 Å². The first-order valence-corrected chi connectivity index (χ1v) is 37.6. The maximum atomic E-state index is 5.23. The van der Waals surface area contributed by atoms with Crippen molar-refractivity contribution in [3.05, 3.63) is 425 Å². The van der Waals surface area contributed by atoms with Crippen molar-refractivity contribution in [1.29, 1.82) is 0 Å². The number of para-hydroxylation sites is 8. The Morgan fingerprint density at radius 1 is 0.179 bits per heavy atom. The van der Waals surface area contributed by atoms with Crippen molar-refractivity contribution >= 4 is 77.7 Å². The molecule has 0 unspecified atom stereocenters. The van der Waals surface area contributed by atoms with E-state index in [1.54, 1.807) is 0 Å². The van der Waals surface area contributed by atoms with E-state index in [2.05, 4.69) is 371 Å². The highest BCUT2D eigenvalue weighted by Crippen LogP contribution is 2.44. The molecule has 10 nitrogen and oxygen atoms in total. The van der Waals surface area contributed by atoms with Gasteiger partial charge in [-0.15, -0.1) is 0 Å². The van der Waals surface area contributed by atoms with E-state index in [1.165, 1.54) is 16.5 Å². The predicted molar refractivity (Wildman–Crippen MR) is 461 cm³/mol. The van der Waals surface area contributed by atoms with Crippen LogP contribution in [-0.4, -0.2) is 39.0 Å². The normalized spacial score (nSPS) is 11.2. The summed E-state index contributed by atoms with van der Waals surface area (Å²) in [4.78, 5) is 35.6. The first-order chi connectivity index (χ1) is 55.6. The van der Waals surface area contributed by atoms with E-state index in [4.69, 9.17) is 29.9 Å². The smallest absolute Gasteiger partial charge is 0.238 e. The molecule has 0 amide bonds. The second-order valence-corrected chi connectivity index (χ2v) is 27.4. The molecule has 4 heterocycles. The second kappa shape index (κ2) is 30.2. The Balaban J connectivity index is 0.000000151. The van der Waals surface area contributed by atoms with Gasteiger partial charge in [0, 0.05) is 83.4 Å². The number of hydrogen-bond acceptors (Lipinski definition) is 8. The van der Waals surface area contributed by atoms with Gasteiger partial charge in [-0.2, -0.15) is 19.9 Å². The third-order valence-corrected chi connectivity index (χ3v) is 20.5. The van der Waals surface area contributed by atoms with Gasteiger partial charge in [-0.05, 0) is 118 Å². The molecule has 528 valence electrons. The number of rotatable bonds is 16. The zero-order valence-corrected chi connectivity index (χ0v) is 60.9. The molecule has 0 N–H and O–H groups in total. The summed E-state index contributed by atoms with van der Waals surface area (Å²) >= 11 is 0. The highest BCUT2D eigenvalue weighted by molar-refractivity contribution is 6.16.